The van der Waals surface area contributed by atoms with Crippen molar-refractivity contribution in [2.75, 3.05) is 13.7 Å². The van der Waals surface area contributed by atoms with Crippen molar-refractivity contribution < 1.29 is 19.4 Å². The van der Waals surface area contributed by atoms with Crippen LogP contribution in [0.4, 0.5) is 0 Å². The Labute approximate surface area is 114 Å². The average Bonchev–Trinajstić information content (AvgIpc) is 2.43. The van der Waals surface area contributed by atoms with E-state index in [1.54, 1.807) is 26.0 Å². The van der Waals surface area contributed by atoms with Gasteiger partial charge in [-0.3, -0.25) is 4.79 Å². The minimum absolute atomic E-state index is 0.245. The first-order chi connectivity index (χ1) is 8.90. The van der Waals surface area contributed by atoms with Crippen LogP contribution in [0.15, 0.2) is 24.3 Å². The topological polar surface area (TPSA) is 55.8 Å². The molecule has 1 aromatic carbocycles. The highest BCUT2D eigenvalue weighted by Crippen LogP contribution is 2.23. The second-order valence-corrected chi connectivity index (χ2v) is 5.16. The standard InChI is InChI=1S/C15H22O4/c1-5-13(16)11-6-8-12(9-7-11)19-10-15(2,3)14(17)18-4/h6-9,13,16H,5,10H2,1-4H3/t13-/m1/s1. The van der Waals surface area contributed by atoms with E-state index in [1.807, 2.05) is 19.1 Å². The normalized spacial score (nSPS) is 12.9. The van der Waals surface area contributed by atoms with Gasteiger partial charge in [-0.2, -0.15) is 0 Å². The summed E-state index contributed by atoms with van der Waals surface area (Å²) in [5, 5.41) is 9.68. The smallest absolute Gasteiger partial charge is 0.314 e. The molecule has 1 N–H and O–H groups in total. The van der Waals surface area contributed by atoms with E-state index in [9.17, 15) is 9.90 Å². The summed E-state index contributed by atoms with van der Waals surface area (Å²) in [5.41, 5.74) is 0.179. The molecule has 1 rings (SSSR count). The minimum Gasteiger partial charge on any atom is -0.492 e. The molecule has 4 nitrogen and oxygen atoms in total. The Bertz CT molecular complexity index is 409. The maximum Gasteiger partial charge on any atom is 0.314 e. The number of aliphatic hydroxyl groups excluding tert-OH is 1. The van der Waals surface area contributed by atoms with Gasteiger partial charge in [0, 0.05) is 0 Å². The van der Waals surface area contributed by atoms with Crippen LogP contribution in [0.25, 0.3) is 0 Å². The van der Waals surface area contributed by atoms with E-state index in [0.29, 0.717) is 12.2 Å². The Morgan fingerprint density at radius 1 is 1.32 bits per heavy atom. The number of esters is 1. The molecule has 0 heterocycles. The largest absolute Gasteiger partial charge is 0.492 e. The number of benzene rings is 1. The summed E-state index contributed by atoms with van der Waals surface area (Å²) in [6.45, 7) is 5.71. The quantitative estimate of drug-likeness (QED) is 0.804. The third-order valence-electron chi connectivity index (χ3n) is 2.99. The van der Waals surface area contributed by atoms with Gasteiger partial charge in [-0.25, -0.2) is 0 Å². The molecule has 0 saturated heterocycles. The summed E-state index contributed by atoms with van der Waals surface area (Å²) in [6.07, 6.45) is 0.232. The van der Waals surface area contributed by atoms with E-state index in [1.165, 1.54) is 7.11 Å². The number of ether oxygens (including phenoxy) is 2. The molecule has 0 saturated carbocycles. The van der Waals surface area contributed by atoms with E-state index in [4.69, 9.17) is 9.47 Å². The van der Waals surface area contributed by atoms with Crippen molar-refractivity contribution >= 4 is 5.97 Å². The Kier molecular flexibility index (Phi) is 5.36. The van der Waals surface area contributed by atoms with Gasteiger partial charge in [0.05, 0.1) is 18.6 Å². The molecule has 0 radical (unpaired) electrons. The second-order valence-electron chi connectivity index (χ2n) is 5.16. The van der Waals surface area contributed by atoms with Gasteiger partial charge in [-0.05, 0) is 38.0 Å². The Balaban J connectivity index is 2.62. The Hall–Kier alpha value is -1.55. The first-order valence-electron chi connectivity index (χ1n) is 6.40. The number of carbonyl (C=O) groups excluding carboxylic acids is 1. The summed E-state index contributed by atoms with van der Waals surface area (Å²) >= 11 is 0. The van der Waals surface area contributed by atoms with Crippen LogP contribution in [0.2, 0.25) is 0 Å². The van der Waals surface area contributed by atoms with Gasteiger partial charge in [0.1, 0.15) is 12.4 Å². The molecule has 0 bridgehead atoms. The third kappa shape index (κ3) is 4.24. The zero-order valence-electron chi connectivity index (χ0n) is 12.0. The molecule has 1 aromatic rings. The lowest BCUT2D eigenvalue weighted by Crippen LogP contribution is -2.32. The van der Waals surface area contributed by atoms with Crippen molar-refractivity contribution in [2.24, 2.45) is 5.41 Å². The SMILES string of the molecule is CC[C@@H](O)c1ccc(OCC(C)(C)C(=O)OC)cc1. The maximum absolute atomic E-state index is 11.5. The summed E-state index contributed by atoms with van der Waals surface area (Å²) in [6, 6.07) is 7.24. The monoisotopic (exact) mass is 266 g/mol. The lowest BCUT2D eigenvalue weighted by atomic mass is 9.95. The van der Waals surface area contributed by atoms with Crippen LogP contribution in [-0.2, 0) is 9.53 Å². The Morgan fingerprint density at radius 2 is 1.89 bits per heavy atom. The van der Waals surface area contributed by atoms with Crippen LogP contribution in [0.5, 0.6) is 5.75 Å². The lowest BCUT2D eigenvalue weighted by Gasteiger charge is -2.21. The number of aliphatic hydroxyl groups is 1. The van der Waals surface area contributed by atoms with E-state index >= 15 is 0 Å². The van der Waals surface area contributed by atoms with Gasteiger partial charge in [-0.15, -0.1) is 0 Å². The molecule has 0 spiro atoms. The molecule has 0 unspecified atom stereocenters. The molecular weight excluding hydrogens is 244 g/mol. The predicted molar refractivity (Wildman–Crippen MR) is 73.0 cm³/mol. The summed E-state index contributed by atoms with van der Waals surface area (Å²) < 4.78 is 10.3. The zero-order valence-corrected chi connectivity index (χ0v) is 12.0. The summed E-state index contributed by atoms with van der Waals surface area (Å²) in [7, 11) is 1.37. The third-order valence-corrected chi connectivity index (χ3v) is 2.99. The number of hydrogen-bond donors (Lipinski definition) is 1. The van der Waals surface area contributed by atoms with Gasteiger partial charge in [0.15, 0.2) is 0 Å². The number of hydrogen-bond acceptors (Lipinski definition) is 4. The van der Waals surface area contributed by atoms with Crippen molar-refractivity contribution in [3.63, 3.8) is 0 Å². The van der Waals surface area contributed by atoms with E-state index in [-0.39, 0.29) is 12.6 Å². The van der Waals surface area contributed by atoms with Crippen molar-refractivity contribution in [3.8, 4) is 5.75 Å². The molecule has 106 valence electrons. The number of methoxy groups -OCH3 is 1. The highest BCUT2D eigenvalue weighted by atomic mass is 16.5. The molecule has 0 aromatic heterocycles. The van der Waals surface area contributed by atoms with Crippen LogP contribution >= 0.6 is 0 Å². The van der Waals surface area contributed by atoms with Crippen LogP contribution in [0, 0.1) is 5.41 Å². The van der Waals surface area contributed by atoms with Gasteiger partial charge >= 0.3 is 5.97 Å². The highest BCUT2D eigenvalue weighted by molar-refractivity contribution is 5.75. The van der Waals surface area contributed by atoms with E-state index in [0.717, 1.165) is 5.56 Å². The molecule has 0 aliphatic carbocycles. The minimum atomic E-state index is -0.684. The molecular formula is C15H22O4. The fourth-order valence-corrected chi connectivity index (χ4v) is 1.62. The van der Waals surface area contributed by atoms with Crippen LogP contribution in [0.1, 0.15) is 38.9 Å². The van der Waals surface area contributed by atoms with Crippen molar-refractivity contribution in [3.05, 3.63) is 29.8 Å². The Morgan fingerprint density at radius 3 is 2.37 bits per heavy atom. The fraction of sp³-hybridized carbons (Fsp3) is 0.533. The fourth-order valence-electron chi connectivity index (χ4n) is 1.62. The van der Waals surface area contributed by atoms with Gasteiger partial charge in [-0.1, -0.05) is 19.1 Å². The number of rotatable bonds is 6. The number of carbonyl (C=O) groups is 1. The van der Waals surface area contributed by atoms with Crippen molar-refractivity contribution in [1.29, 1.82) is 0 Å². The lowest BCUT2D eigenvalue weighted by molar-refractivity contribution is -0.152. The van der Waals surface area contributed by atoms with E-state index in [2.05, 4.69) is 0 Å². The van der Waals surface area contributed by atoms with Gasteiger partial charge < -0.3 is 14.6 Å². The molecule has 0 fully saturated rings. The van der Waals surface area contributed by atoms with Crippen molar-refractivity contribution in [2.45, 2.75) is 33.3 Å². The molecule has 4 heteroatoms. The molecule has 0 amide bonds. The molecule has 0 aliphatic rings. The van der Waals surface area contributed by atoms with E-state index < -0.39 is 11.5 Å². The first-order valence-corrected chi connectivity index (χ1v) is 6.40. The molecule has 0 aliphatic heterocycles. The summed E-state index contributed by atoms with van der Waals surface area (Å²) in [5.74, 6) is 0.370. The van der Waals surface area contributed by atoms with Gasteiger partial charge in [0.2, 0.25) is 0 Å². The van der Waals surface area contributed by atoms with Crippen molar-refractivity contribution in [1.82, 2.24) is 0 Å². The van der Waals surface area contributed by atoms with Gasteiger partial charge in [0.25, 0.3) is 0 Å². The van der Waals surface area contributed by atoms with Crippen LogP contribution in [-0.4, -0.2) is 24.8 Å². The maximum atomic E-state index is 11.5. The molecule has 1 atom stereocenters. The van der Waals surface area contributed by atoms with Crippen LogP contribution < -0.4 is 4.74 Å². The van der Waals surface area contributed by atoms with Crippen LogP contribution in [0.3, 0.4) is 0 Å². The highest BCUT2D eigenvalue weighted by Gasteiger charge is 2.29. The average molecular weight is 266 g/mol. The predicted octanol–water partition coefficient (Wildman–Crippen LogP) is 2.71. The summed E-state index contributed by atoms with van der Waals surface area (Å²) in [4.78, 5) is 11.5. The first kappa shape index (κ1) is 15.5. The molecule has 19 heavy (non-hydrogen) atoms. The zero-order chi connectivity index (χ0) is 14.5. The second kappa shape index (κ2) is 6.57.